The van der Waals surface area contributed by atoms with Crippen molar-refractivity contribution in [3.8, 4) is 0 Å². The fourth-order valence-corrected chi connectivity index (χ4v) is 3.19. The molecule has 1 aliphatic rings. The summed E-state index contributed by atoms with van der Waals surface area (Å²) in [6, 6.07) is 9.97. The van der Waals surface area contributed by atoms with Crippen LogP contribution < -0.4 is 10.6 Å². The second-order valence-corrected chi connectivity index (χ2v) is 6.47. The summed E-state index contributed by atoms with van der Waals surface area (Å²) < 4.78 is 4.93. The normalized spacial score (nSPS) is 21.8. The topological polar surface area (TPSA) is 67.4 Å². The molecule has 2 amide bonds. The molecule has 5 nitrogen and oxygen atoms in total. The van der Waals surface area contributed by atoms with E-state index in [-0.39, 0.29) is 29.7 Å². The third kappa shape index (κ3) is 5.34. The van der Waals surface area contributed by atoms with Crippen LogP contribution in [0.15, 0.2) is 30.3 Å². The number of benzene rings is 1. The number of carbonyl (C=O) groups is 2. The highest BCUT2D eigenvalue weighted by Crippen LogP contribution is 2.29. The maximum Gasteiger partial charge on any atom is 0.223 e. The smallest absolute Gasteiger partial charge is 0.223 e. The summed E-state index contributed by atoms with van der Waals surface area (Å²) in [6.07, 6.45) is 3.10. The number of carbonyl (C=O) groups excluding carboxylic acids is 2. The average molecular weight is 332 g/mol. The minimum Gasteiger partial charge on any atom is -0.383 e. The second-order valence-electron chi connectivity index (χ2n) is 6.47. The zero-order valence-corrected chi connectivity index (χ0v) is 14.6. The predicted octanol–water partition coefficient (Wildman–Crippen LogP) is 2.43. The maximum absolute atomic E-state index is 12.4. The Bertz CT molecular complexity index is 525. The maximum atomic E-state index is 12.4. The van der Waals surface area contributed by atoms with Crippen molar-refractivity contribution >= 4 is 11.8 Å². The van der Waals surface area contributed by atoms with Crippen LogP contribution in [0.5, 0.6) is 0 Å². The van der Waals surface area contributed by atoms with Crippen molar-refractivity contribution in [2.75, 3.05) is 20.3 Å². The molecule has 2 N–H and O–H groups in total. The number of ether oxygens (including phenoxy) is 1. The van der Waals surface area contributed by atoms with Crippen LogP contribution in [-0.4, -0.2) is 32.1 Å². The van der Waals surface area contributed by atoms with Crippen molar-refractivity contribution in [1.82, 2.24) is 10.6 Å². The largest absolute Gasteiger partial charge is 0.383 e. The van der Waals surface area contributed by atoms with Crippen LogP contribution in [0.3, 0.4) is 0 Å². The molecule has 1 saturated carbocycles. The van der Waals surface area contributed by atoms with Crippen molar-refractivity contribution in [1.29, 1.82) is 0 Å². The summed E-state index contributed by atoms with van der Waals surface area (Å²) in [6.45, 7) is 3.08. The SMILES string of the molecule is COCCNC(=O)C1CCC(C(=O)NC(C)c2ccccc2)CC1. The highest BCUT2D eigenvalue weighted by Gasteiger charge is 2.30. The Kier molecular flexibility index (Phi) is 7.25. The molecule has 1 atom stereocenters. The van der Waals surface area contributed by atoms with Gasteiger partial charge >= 0.3 is 0 Å². The molecule has 0 bridgehead atoms. The van der Waals surface area contributed by atoms with Crippen molar-refractivity contribution in [3.63, 3.8) is 0 Å². The number of rotatable bonds is 7. The molecule has 0 radical (unpaired) electrons. The molecule has 5 heteroatoms. The Hall–Kier alpha value is -1.88. The van der Waals surface area contributed by atoms with Crippen LogP contribution in [0.1, 0.15) is 44.2 Å². The second kappa shape index (κ2) is 9.42. The fraction of sp³-hybridized carbons (Fsp3) is 0.579. The molecular formula is C19H28N2O3. The van der Waals surface area contributed by atoms with Crippen LogP contribution >= 0.6 is 0 Å². The van der Waals surface area contributed by atoms with Crippen LogP contribution in [0.4, 0.5) is 0 Å². The number of hydrogen-bond donors (Lipinski definition) is 2. The Labute approximate surface area is 144 Å². The Morgan fingerprint density at radius 1 is 1.08 bits per heavy atom. The van der Waals surface area contributed by atoms with E-state index in [1.165, 1.54) is 0 Å². The molecule has 1 aromatic rings. The van der Waals surface area contributed by atoms with E-state index in [4.69, 9.17) is 4.74 Å². The third-order valence-electron chi connectivity index (χ3n) is 4.73. The van der Waals surface area contributed by atoms with Gasteiger partial charge in [-0.1, -0.05) is 30.3 Å². The van der Waals surface area contributed by atoms with Gasteiger partial charge in [-0.15, -0.1) is 0 Å². The van der Waals surface area contributed by atoms with E-state index >= 15 is 0 Å². The van der Waals surface area contributed by atoms with Gasteiger partial charge in [0.15, 0.2) is 0 Å². The summed E-state index contributed by atoms with van der Waals surface area (Å²) >= 11 is 0. The summed E-state index contributed by atoms with van der Waals surface area (Å²) in [4.78, 5) is 24.5. The van der Waals surface area contributed by atoms with E-state index in [2.05, 4.69) is 10.6 Å². The van der Waals surface area contributed by atoms with Gasteiger partial charge in [-0.2, -0.15) is 0 Å². The quantitative estimate of drug-likeness (QED) is 0.754. The van der Waals surface area contributed by atoms with Crippen LogP contribution in [0.25, 0.3) is 0 Å². The first-order valence-corrected chi connectivity index (χ1v) is 8.73. The molecule has 24 heavy (non-hydrogen) atoms. The average Bonchev–Trinajstić information content (AvgIpc) is 2.62. The molecule has 2 rings (SSSR count). The monoisotopic (exact) mass is 332 g/mol. The Balaban J connectivity index is 1.75. The number of hydrogen-bond acceptors (Lipinski definition) is 3. The minimum absolute atomic E-state index is 0.00812. The minimum atomic E-state index is 0.00812. The molecule has 132 valence electrons. The first-order chi connectivity index (χ1) is 11.6. The Morgan fingerprint density at radius 2 is 1.67 bits per heavy atom. The van der Waals surface area contributed by atoms with E-state index in [9.17, 15) is 9.59 Å². The molecule has 1 unspecified atom stereocenters. The third-order valence-corrected chi connectivity index (χ3v) is 4.73. The first-order valence-electron chi connectivity index (χ1n) is 8.73. The molecular weight excluding hydrogens is 304 g/mol. The molecule has 0 aromatic heterocycles. The molecule has 0 aliphatic heterocycles. The number of methoxy groups -OCH3 is 1. The lowest BCUT2D eigenvalue weighted by Gasteiger charge is -2.28. The molecule has 0 spiro atoms. The van der Waals surface area contributed by atoms with Gasteiger partial charge in [-0.05, 0) is 38.2 Å². The molecule has 0 saturated heterocycles. The Morgan fingerprint density at radius 3 is 2.25 bits per heavy atom. The molecule has 1 fully saturated rings. The lowest BCUT2D eigenvalue weighted by atomic mass is 9.81. The summed E-state index contributed by atoms with van der Waals surface area (Å²) in [5.41, 5.74) is 1.11. The van der Waals surface area contributed by atoms with Crippen LogP contribution in [-0.2, 0) is 14.3 Å². The van der Waals surface area contributed by atoms with Crippen molar-refractivity contribution < 1.29 is 14.3 Å². The molecule has 0 heterocycles. The van der Waals surface area contributed by atoms with Crippen LogP contribution in [0, 0.1) is 11.8 Å². The van der Waals surface area contributed by atoms with E-state index in [1.807, 2.05) is 37.3 Å². The van der Waals surface area contributed by atoms with Gasteiger partial charge in [0.1, 0.15) is 0 Å². The van der Waals surface area contributed by atoms with Gasteiger partial charge in [0.25, 0.3) is 0 Å². The summed E-state index contributed by atoms with van der Waals surface area (Å²) in [5.74, 6) is 0.227. The van der Waals surface area contributed by atoms with Gasteiger partial charge in [0, 0.05) is 25.5 Å². The highest BCUT2D eigenvalue weighted by atomic mass is 16.5. The summed E-state index contributed by atoms with van der Waals surface area (Å²) in [7, 11) is 1.62. The van der Waals surface area contributed by atoms with E-state index in [0.29, 0.717) is 13.2 Å². The number of nitrogens with one attached hydrogen (secondary N) is 2. The van der Waals surface area contributed by atoms with Crippen molar-refractivity contribution in [2.24, 2.45) is 11.8 Å². The zero-order chi connectivity index (χ0) is 17.4. The van der Waals surface area contributed by atoms with Crippen molar-refractivity contribution in [3.05, 3.63) is 35.9 Å². The van der Waals surface area contributed by atoms with Gasteiger partial charge < -0.3 is 15.4 Å². The summed E-state index contributed by atoms with van der Waals surface area (Å²) in [5, 5.41) is 5.98. The van der Waals surface area contributed by atoms with Gasteiger partial charge in [0.05, 0.1) is 12.6 Å². The number of amides is 2. The highest BCUT2D eigenvalue weighted by molar-refractivity contribution is 5.81. The van der Waals surface area contributed by atoms with E-state index in [0.717, 1.165) is 31.2 Å². The zero-order valence-electron chi connectivity index (χ0n) is 14.6. The lowest BCUT2D eigenvalue weighted by Crippen LogP contribution is -2.38. The predicted molar refractivity (Wildman–Crippen MR) is 93.3 cm³/mol. The standard InChI is InChI=1S/C19H28N2O3/c1-14(15-6-4-3-5-7-15)21-19(23)17-10-8-16(9-11-17)18(22)20-12-13-24-2/h3-7,14,16-17H,8-13H2,1-2H3,(H,20,22)(H,21,23). The van der Waals surface area contributed by atoms with Gasteiger partial charge in [-0.3, -0.25) is 9.59 Å². The lowest BCUT2D eigenvalue weighted by molar-refractivity contribution is -0.131. The first kappa shape index (κ1) is 18.5. The van der Waals surface area contributed by atoms with E-state index in [1.54, 1.807) is 7.11 Å². The molecule has 1 aromatic carbocycles. The van der Waals surface area contributed by atoms with E-state index < -0.39 is 0 Å². The van der Waals surface area contributed by atoms with Gasteiger partial charge in [-0.25, -0.2) is 0 Å². The fourth-order valence-electron chi connectivity index (χ4n) is 3.19. The van der Waals surface area contributed by atoms with Crippen molar-refractivity contribution in [2.45, 2.75) is 38.6 Å². The van der Waals surface area contributed by atoms with Gasteiger partial charge in [0.2, 0.25) is 11.8 Å². The molecule has 1 aliphatic carbocycles. The van der Waals surface area contributed by atoms with Crippen LogP contribution in [0.2, 0.25) is 0 Å².